The number of ether oxygens (including phenoxy) is 1. The molecule has 1 aliphatic heterocycles. The topological polar surface area (TPSA) is 92.8 Å². The summed E-state index contributed by atoms with van der Waals surface area (Å²) >= 11 is 0. The van der Waals surface area contributed by atoms with Crippen LogP contribution in [-0.4, -0.2) is 41.2 Å². The average molecular weight is 424 g/mol. The zero-order valence-corrected chi connectivity index (χ0v) is 18.3. The Morgan fingerprint density at radius 2 is 1.71 bits per heavy atom. The van der Waals surface area contributed by atoms with Crippen LogP contribution < -0.4 is 5.32 Å². The Labute approximate surface area is 181 Å². The number of esters is 1. The van der Waals surface area contributed by atoms with Gasteiger partial charge in [0.2, 0.25) is 11.8 Å². The van der Waals surface area contributed by atoms with E-state index in [2.05, 4.69) is 5.32 Å². The first-order valence-electron chi connectivity index (χ1n) is 10.8. The molecule has 2 fully saturated rings. The fraction of sp³-hybridized carbons (Fsp3) is 0.500. The van der Waals surface area contributed by atoms with Crippen LogP contribution in [0.25, 0.3) is 0 Å². The van der Waals surface area contributed by atoms with E-state index in [0.29, 0.717) is 5.69 Å². The van der Waals surface area contributed by atoms with Crippen molar-refractivity contribution in [3.05, 3.63) is 41.5 Å². The molecule has 31 heavy (non-hydrogen) atoms. The van der Waals surface area contributed by atoms with Gasteiger partial charge in [0.1, 0.15) is 6.04 Å². The summed E-state index contributed by atoms with van der Waals surface area (Å²) in [4.78, 5) is 52.4. The van der Waals surface area contributed by atoms with Crippen molar-refractivity contribution in [3.63, 3.8) is 0 Å². The Balaban J connectivity index is 1.42. The number of imide groups is 1. The predicted octanol–water partition coefficient (Wildman–Crippen LogP) is 2.62. The zero-order valence-electron chi connectivity index (χ0n) is 18.3. The van der Waals surface area contributed by atoms with Crippen LogP contribution in [-0.2, 0) is 23.9 Å². The van der Waals surface area contributed by atoms with E-state index in [1.807, 2.05) is 38.1 Å². The third-order valence-corrected chi connectivity index (χ3v) is 6.66. The molecule has 3 aliphatic rings. The van der Waals surface area contributed by atoms with Crippen molar-refractivity contribution in [2.45, 2.75) is 40.2 Å². The molecular formula is C24H28N2O5. The van der Waals surface area contributed by atoms with Crippen molar-refractivity contribution in [3.8, 4) is 0 Å². The second kappa shape index (κ2) is 7.94. The molecule has 0 aromatic heterocycles. The summed E-state index contributed by atoms with van der Waals surface area (Å²) in [5.74, 6) is -2.70. The number of nitrogens with one attached hydrogen (secondary N) is 1. The highest BCUT2D eigenvalue weighted by atomic mass is 16.5. The molecule has 2 aliphatic carbocycles. The highest BCUT2D eigenvalue weighted by Crippen LogP contribution is 2.53. The minimum atomic E-state index is -1.03. The van der Waals surface area contributed by atoms with Gasteiger partial charge < -0.3 is 10.1 Å². The molecule has 1 heterocycles. The summed E-state index contributed by atoms with van der Waals surface area (Å²) in [6.07, 6.45) is 4.86. The SMILES string of the molecule is Cc1ccc(NC(=O)COC(=O)[C@H](C(C)C)N2C(=O)[C@@H]3[C@@H](C2=O)[C@H]2C=C[C@H]3C2)c(C)c1. The van der Waals surface area contributed by atoms with Gasteiger partial charge in [-0.2, -0.15) is 0 Å². The van der Waals surface area contributed by atoms with E-state index in [1.54, 1.807) is 19.9 Å². The summed E-state index contributed by atoms with van der Waals surface area (Å²) in [6, 6.07) is 4.59. The van der Waals surface area contributed by atoms with Gasteiger partial charge in [0.05, 0.1) is 11.8 Å². The number of hydrogen-bond donors (Lipinski definition) is 1. The van der Waals surface area contributed by atoms with Crippen LogP contribution in [0.15, 0.2) is 30.4 Å². The Hall–Kier alpha value is -2.96. The van der Waals surface area contributed by atoms with Crippen molar-refractivity contribution in [1.29, 1.82) is 0 Å². The van der Waals surface area contributed by atoms with Gasteiger partial charge in [0, 0.05) is 5.69 Å². The van der Waals surface area contributed by atoms with E-state index >= 15 is 0 Å². The molecule has 1 aromatic carbocycles. The lowest BCUT2D eigenvalue weighted by atomic mass is 9.85. The molecule has 0 spiro atoms. The van der Waals surface area contributed by atoms with E-state index in [-0.39, 0.29) is 41.4 Å². The average Bonchev–Trinajstić information content (AvgIpc) is 3.38. The normalized spacial score (nSPS) is 27.1. The van der Waals surface area contributed by atoms with Crippen molar-refractivity contribution in [2.24, 2.45) is 29.6 Å². The van der Waals surface area contributed by atoms with Gasteiger partial charge in [-0.1, -0.05) is 43.7 Å². The number of carbonyl (C=O) groups excluding carboxylic acids is 4. The molecule has 1 aromatic rings. The molecule has 3 amide bonds. The van der Waals surface area contributed by atoms with Crippen LogP contribution >= 0.6 is 0 Å². The minimum absolute atomic E-state index is 0.0730. The number of benzene rings is 1. The van der Waals surface area contributed by atoms with E-state index in [0.717, 1.165) is 22.4 Å². The first kappa shape index (κ1) is 21.3. The van der Waals surface area contributed by atoms with Crippen LogP contribution in [0.4, 0.5) is 5.69 Å². The van der Waals surface area contributed by atoms with Crippen molar-refractivity contribution >= 4 is 29.4 Å². The fourth-order valence-electron chi connectivity index (χ4n) is 5.24. The number of hydrogen-bond acceptors (Lipinski definition) is 5. The maximum atomic E-state index is 13.1. The van der Waals surface area contributed by atoms with Gasteiger partial charge in [-0.15, -0.1) is 0 Å². The minimum Gasteiger partial charge on any atom is -0.454 e. The van der Waals surface area contributed by atoms with Gasteiger partial charge in [-0.25, -0.2) is 4.79 Å². The number of likely N-dealkylation sites (tertiary alicyclic amines) is 1. The second-order valence-corrected chi connectivity index (χ2v) is 9.21. The lowest BCUT2D eigenvalue weighted by Gasteiger charge is -2.28. The third-order valence-electron chi connectivity index (χ3n) is 6.66. The van der Waals surface area contributed by atoms with Crippen molar-refractivity contribution in [1.82, 2.24) is 4.90 Å². The molecule has 5 atom stereocenters. The molecule has 1 saturated carbocycles. The first-order valence-corrected chi connectivity index (χ1v) is 10.8. The molecule has 0 radical (unpaired) electrons. The van der Waals surface area contributed by atoms with Gasteiger partial charge in [-0.05, 0) is 49.7 Å². The quantitative estimate of drug-likeness (QED) is 0.431. The van der Waals surface area contributed by atoms with E-state index < -0.39 is 24.5 Å². The lowest BCUT2D eigenvalue weighted by Crippen LogP contribution is -2.50. The summed E-state index contributed by atoms with van der Waals surface area (Å²) < 4.78 is 5.25. The zero-order chi connectivity index (χ0) is 22.4. The largest absolute Gasteiger partial charge is 0.454 e. The van der Waals surface area contributed by atoms with Crippen molar-refractivity contribution < 1.29 is 23.9 Å². The molecule has 164 valence electrons. The highest BCUT2D eigenvalue weighted by Gasteiger charge is 2.61. The van der Waals surface area contributed by atoms with E-state index in [4.69, 9.17) is 4.74 Å². The van der Waals surface area contributed by atoms with Crippen LogP contribution in [0.1, 0.15) is 31.4 Å². The predicted molar refractivity (Wildman–Crippen MR) is 114 cm³/mol. The van der Waals surface area contributed by atoms with E-state index in [1.165, 1.54) is 0 Å². The first-order chi connectivity index (χ1) is 14.7. The maximum Gasteiger partial charge on any atom is 0.330 e. The smallest absolute Gasteiger partial charge is 0.330 e. The number of carbonyl (C=O) groups is 4. The van der Waals surface area contributed by atoms with Crippen LogP contribution in [0, 0.1) is 43.4 Å². The number of rotatable bonds is 6. The van der Waals surface area contributed by atoms with Crippen molar-refractivity contribution in [2.75, 3.05) is 11.9 Å². The highest BCUT2D eigenvalue weighted by molar-refractivity contribution is 6.09. The fourth-order valence-corrected chi connectivity index (χ4v) is 5.24. The molecule has 2 bridgehead atoms. The maximum absolute atomic E-state index is 13.1. The lowest BCUT2D eigenvalue weighted by molar-refractivity contribution is -0.162. The molecule has 4 rings (SSSR count). The molecule has 7 heteroatoms. The summed E-state index contributed by atoms with van der Waals surface area (Å²) in [5.41, 5.74) is 2.63. The Morgan fingerprint density at radius 1 is 1.10 bits per heavy atom. The Kier molecular flexibility index (Phi) is 5.45. The van der Waals surface area contributed by atoms with Gasteiger partial charge >= 0.3 is 5.97 Å². The van der Waals surface area contributed by atoms with Gasteiger partial charge in [0.15, 0.2) is 6.61 Å². The molecule has 1 N–H and O–H groups in total. The number of allylic oxidation sites excluding steroid dienone is 2. The Morgan fingerprint density at radius 3 is 2.26 bits per heavy atom. The summed E-state index contributed by atoms with van der Waals surface area (Å²) in [5, 5.41) is 2.73. The van der Waals surface area contributed by atoms with E-state index in [9.17, 15) is 19.2 Å². The number of fused-ring (bicyclic) bond motifs is 5. The van der Waals surface area contributed by atoms with Crippen LogP contribution in [0.2, 0.25) is 0 Å². The third kappa shape index (κ3) is 3.66. The molecule has 0 unspecified atom stereocenters. The molecule has 1 saturated heterocycles. The number of aryl methyl sites for hydroxylation is 2. The molecular weight excluding hydrogens is 396 g/mol. The van der Waals surface area contributed by atoms with Gasteiger partial charge in [-0.3, -0.25) is 19.3 Å². The number of nitrogens with zero attached hydrogens (tertiary/aromatic N) is 1. The Bertz CT molecular complexity index is 952. The molecule has 7 nitrogen and oxygen atoms in total. The standard InChI is InChI=1S/C24H28N2O5/c1-12(2)21(26-22(28)19-15-6-7-16(10-15)20(19)23(26)29)24(30)31-11-18(27)25-17-8-5-13(3)9-14(17)4/h5-9,12,15-16,19-21H,10-11H2,1-4H3,(H,25,27)/t15-,16-,19-,20-,21-/m0/s1. The van der Waals surface area contributed by atoms with Gasteiger partial charge in [0.25, 0.3) is 5.91 Å². The number of amides is 3. The van der Waals surface area contributed by atoms with Crippen LogP contribution in [0.3, 0.4) is 0 Å². The summed E-state index contributed by atoms with van der Waals surface area (Å²) in [6.45, 7) is 6.90. The number of anilines is 1. The summed E-state index contributed by atoms with van der Waals surface area (Å²) in [7, 11) is 0. The monoisotopic (exact) mass is 424 g/mol. The second-order valence-electron chi connectivity index (χ2n) is 9.21. The van der Waals surface area contributed by atoms with Crippen LogP contribution in [0.5, 0.6) is 0 Å².